The van der Waals surface area contributed by atoms with Crippen LogP contribution in [0.2, 0.25) is 0 Å². The Morgan fingerprint density at radius 2 is 2.12 bits per heavy atom. The molecule has 0 radical (unpaired) electrons. The van der Waals surface area contributed by atoms with Crippen LogP contribution in [0.5, 0.6) is 0 Å². The van der Waals surface area contributed by atoms with Gasteiger partial charge in [0.1, 0.15) is 0 Å². The highest BCUT2D eigenvalue weighted by Crippen LogP contribution is 2.36. The molecule has 0 saturated carbocycles. The fourth-order valence-corrected chi connectivity index (χ4v) is 3.81. The molecule has 1 aliphatic heterocycles. The molecule has 2 nitrogen and oxygen atoms in total. The van der Waals surface area contributed by atoms with Crippen molar-refractivity contribution < 1.29 is 0 Å². The van der Waals surface area contributed by atoms with E-state index in [1.54, 1.807) is 0 Å². The molecule has 2 heterocycles. The molecule has 94 valence electrons. The molecule has 1 aliphatic rings. The zero-order valence-corrected chi connectivity index (χ0v) is 12.0. The number of pyridine rings is 1. The topological polar surface area (TPSA) is 24.9 Å². The molecule has 0 aliphatic carbocycles. The molecule has 17 heavy (non-hydrogen) atoms. The Morgan fingerprint density at radius 1 is 1.35 bits per heavy atom. The van der Waals surface area contributed by atoms with Crippen molar-refractivity contribution in [1.82, 2.24) is 4.98 Å². The molecule has 1 atom stereocenters. The van der Waals surface area contributed by atoms with Crippen LogP contribution in [0.15, 0.2) is 12.1 Å². The first-order valence-electron chi connectivity index (χ1n) is 6.27. The summed E-state index contributed by atoms with van der Waals surface area (Å²) in [6.07, 6.45) is 1.29. The van der Waals surface area contributed by atoms with Gasteiger partial charge >= 0.3 is 0 Å². The van der Waals surface area contributed by atoms with Crippen molar-refractivity contribution in [3.05, 3.63) is 23.5 Å². The zero-order chi connectivity index (χ0) is 12.5. The molecule has 3 heteroatoms. The molecule has 1 aromatic rings. The van der Waals surface area contributed by atoms with Crippen molar-refractivity contribution >= 4 is 17.4 Å². The summed E-state index contributed by atoms with van der Waals surface area (Å²) in [5, 5.41) is 3.68. The molecule has 1 unspecified atom stereocenters. The lowest BCUT2D eigenvalue weighted by atomic mass is 9.82. The van der Waals surface area contributed by atoms with Gasteiger partial charge in [-0.3, -0.25) is 4.98 Å². The second-order valence-corrected chi connectivity index (χ2v) is 6.75. The maximum absolute atomic E-state index is 4.52. The maximum atomic E-state index is 4.52. The van der Waals surface area contributed by atoms with Crippen molar-refractivity contribution in [2.45, 2.75) is 40.2 Å². The van der Waals surface area contributed by atoms with Crippen molar-refractivity contribution in [2.24, 2.45) is 5.41 Å². The summed E-state index contributed by atoms with van der Waals surface area (Å²) in [5.74, 6) is 2.48. The Hall–Kier alpha value is -0.700. The van der Waals surface area contributed by atoms with Gasteiger partial charge in [0.15, 0.2) is 0 Å². The Labute approximate surface area is 109 Å². The lowest BCUT2D eigenvalue weighted by Gasteiger charge is -2.39. The summed E-state index contributed by atoms with van der Waals surface area (Å²) >= 11 is 2.05. The SMILES string of the molecule is Cc1ccc(NC2CSCCC2(C)C)c(C)n1. The van der Waals surface area contributed by atoms with Crippen LogP contribution in [0.25, 0.3) is 0 Å². The Morgan fingerprint density at radius 3 is 2.76 bits per heavy atom. The number of nitrogens with one attached hydrogen (secondary N) is 1. The van der Waals surface area contributed by atoms with Crippen LogP contribution in [0.4, 0.5) is 5.69 Å². The summed E-state index contributed by atoms with van der Waals surface area (Å²) in [4.78, 5) is 4.52. The highest BCUT2D eigenvalue weighted by Gasteiger charge is 2.32. The summed E-state index contributed by atoms with van der Waals surface area (Å²) in [7, 11) is 0. The van der Waals surface area contributed by atoms with Gasteiger partial charge in [0.05, 0.1) is 11.4 Å². The Bertz CT molecular complexity index is 401. The average molecular weight is 250 g/mol. The number of anilines is 1. The van der Waals surface area contributed by atoms with E-state index in [2.05, 4.69) is 55.0 Å². The van der Waals surface area contributed by atoms with Gasteiger partial charge in [-0.25, -0.2) is 0 Å². The predicted octanol–water partition coefficient (Wildman–Crippen LogP) is 3.64. The molecule has 0 aromatic carbocycles. The van der Waals surface area contributed by atoms with Crippen molar-refractivity contribution in [3.63, 3.8) is 0 Å². The molecule has 0 amide bonds. The number of hydrogen-bond acceptors (Lipinski definition) is 3. The monoisotopic (exact) mass is 250 g/mol. The van der Waals surface area contributed by atoms with Crippen LogP contribution < -0.4 is 5.32 Å². The van der Waals surface area contributed by atoms with Crippen LogP contribution in [0, 0.1) is 19.3 Å². The van der Waals surface area contributed by atoms with Gasteiger partial charge in [-0.2, -0.15) is 11.8 Å². The number of aryl methyl sites for hydroxylation is 2. The molecule has 1 saturated heterocycles. The first-order valence-corrected chi connectivity index (χ1v) is 7.43. The highest BCUT2D eigenvalue weighted by molar-refractivity contribution is 7.99. The summed E-state index contributed by atoms with van der Waals surface area (Å²) in [5.41, 5.74) is 3.76. The number of thioether (sulfide) groups is 1. The largest absolute Gasteiger partial charge is 0.379 e. The summed E-state index contributed by atoms with van der Waals surface area (Å²) < 4.78 is 0. The predicted molar refractivity (Wildman–Crippen MR) is 76.8 cm³/mol. The van der Waals surface area contributed by atoms with E-state index in [4.69, 9.17) is 0 Å². The number of rotatable bonds is 2. The van der Waals surface area contributed by atoms with Crippen molar-refractivity contribution in [3.8, 4) is 0 Å². The fraction of sp³-hybridized carbons (Fsp3) is 0.643. The van der Waals surface area contributed by atoms with E-state index in [0.717, 1.165) is 11.4 Å². The van der Waals surface area contributed by atoms with Crippen molar-refractivity contribution in [1.29, 1.82) is 0 Å². The Balaban J connectivity index is 2.14. The van der Waals surface area contributed by atoms with Gasteiger partial charge in [-0.15, -0.1) is 0 Å². The minimum atomic E-state index is 0.378. The van der Waals surface area contributed by atoms with E-state index < -0.39 is 0 Å². The second kappa shape index (κ2) is 4.89. The minimum Gasteiger partial charge on any atom is -0.379 e. The van der Waals surface area contributed by atoms with E-state index >= 15 is 0 Å². The van der Waals surface area contributed by atoms with Gasteiger partial charge in [-0.1, -0.05) is 13.8 Å². The lowest BCUT2D eigenvalue weighted by Crippen LogP contribution is -2.41. The van der Waals surface area contributed by atoms with Gasteiger partial charge < -0.3 is 5.32 Å². The molecule has 2 rings (SSSR count). The van der Waals surface area contributed by atoms with Crippen LogP contribution in [0.1, 0.15) is 31.7 Å². The maximum Gasteiger partial charge on any atom is 0.0606 e. The van der Waals surface area contributed by atoms with Gasteiger partial charge in [-0.05, 0) is 43.6 Å². The molecule has 0 bridgehead atoms. The van der Waals surface area contributed by atoms with E-state index in [1.165, 1.54) is 23.6 Å². The third-order valence-corrected chi connectivity index (χ3v) is 4.74. The molecule has 1 fully saturated rings. The van der Waals surface area contributed by atoms with E-state index in [0.29, 0.717) is 11.5 Å². The molecule has 1 N–H and O–H groups in total. The van der Waals surface area contributed by atoms with Gasteiger partial charge in [0.25, 0.3) is 0 Å². The minimum absolute atomic E-state index is 0.378. The molecule has 1 aromatic heterocycles. The standard InChI is InChI=1S/C14H22N2S/c1-10-5-6-12(11(2)15-10)16-13-9-17-8-7-14(13,3)4/h5-6,13,16H,7-9H2,1-4H3. The van der Waals surface area contributed by atoms with Gasteiger partial charge in [0, 0.05) is 17.5 Å². The van der Waals surface area contributed by atoms with Crippen molar-refractivity contribution in [2.75, 3.05) is 16.8 Å². The van der Waals surface area contributed by atoms with Crippen LogP contribution >= 0.6 is 11.8 Å². The summed E-state index contributed by atoms with van der Waals surface area (Å²) in [6.45, 7) is 8.85. The van der Waals surface area contributed by atoms with E-state index in [-0.39, 0.29) is 0 Å². The highest BCUT2D eigenvalue weighted by atomic mass is 32.2. The normalized spacial score (nSPS) is 23.4. The summed E-state index contributed by atoms with van der Waals surface area (Å²) in [6, 6.07) is 4.79. The third-order valence-electron chi connectivity index (χ3n) is 3.67. The van der Waals surface area contributed by atoms with Crippen LogP contribution in [-0.2, 0) is 0 Å². The lowest BCUT2D eigenvalue weighted by molar-refractivity contribution is 0.305. The first-order chi connectivity index (χ1) is 7.99. The van der Waals surface area contributed by atoms with E-state index in [1.807, 2.05) is 6.92 Å². The van der Waals surface area contributed by atoms with E-state index in [9.17, 15) is 0 Å². The van der Waals surface area contributed by atoms with Gasteiger partial charge in [0.2, 0.25) is 0 Å². The van der Waals surface area contributed by atoms with Crippen LogP contribution in [0.3, 0.4) is 0 Å². The number of nitrogens with zero attached hydrogens (tertiary/aromatic N) is 1. The first kappa shape index (κ1) is 12.7. The third kappa shape index (κ3) is 2.95. The number of aromatic nitrogens is 1. The zero-order valence-electron chi connectivity index (χ0n) is 11.2. The Kier molecular flexibility index (Phi) is 3.67. The molecular formula is C14H22N2S. The fourth-order valence-electron chi connectivity index (χ4n) is 2.20. The quantitative estimate of drug-likeness (QED) is 0.867. The smallest absolute Gasteiger partial charge is 0.0606 e. The van der Waals surface area contributed by atoms with Crippen LogP contribution in [-0.4, -0.2) is 22.5 Å². The number of hydrogen-bond donors (Lipinski definition) is 1. The average Bonchev–Trinajstić information content (AvgIpc) is 2.24. The second-order valence-electron chi connectivity index (χ2n) is 5.60. The molecular weight excluding hydrogens is 228 g/mol. The molecule has 0 spiro atoms.